The molecule has 0 fully saturated rings. The van der Waals surface area contributed by atoms with Crippen molar-refractivity contribution in [1.29, 1.82) is 0 Å². The Hall–Kier alpha value is -2.18. The predicted molar refractivity (Wildman–Crippen MR) is 89.0 cm³/mol. The Morgan fingerprint density at radius 1 is 1.14 bits per heavy atom. The van der Waals surface area contributed by atoms with E-state index in [-0.39, 0.29) is 5.92 Å². The van der Waals surface area contributed by atoms with Crippen LogP contribution in [0.2, 0.25) is 0 Å². The van der Waals surface area contributed by atoms with E-state index < -0.39 is 0 Å². The molecule has 0 aliphatic rings. The van der Waals surface area contributed by atoms with Crippen LogP contribution in [0.4, 0.5) is 17.3 Å². The molecule has 0 radical (unpaired) electrons. The van der Waals surface area contributed by atoms with Crippen molar-refractivity contribution in [2.24, 2.45) is 5.84 Å². The van der Waals surface area contributed by atoms with Crippen molar-refractivity contribution in [3.05, 3.63) is 41.5 Å². The Bertz CT molecular complexity index is 766. The minimum atomic E-state index is 0.254. The summed E-state index contributed by atoms with van der Waals surface area (Å²) < 4.78 is 1.27. The third-order valence-corrected chi connectivity index (χ3v) is 4.21. The summed E-state index contributed by atoms with van der Waals surface area (Å²) >= 11 is 1.74. The molecule has 4 N–H and O–H groups in total. The van der Waals surface area contributed by atoms with Crippen molar-refractivity contribution in [2.75, 3.05) is 10.7 Å². The fourth-order valence-corrected chi connectivity index (χ4v) is 3.11. The molecule has 3 aromatic rings. The maximum absolute atomic E-state index is 5.54. The highest BCUT2D eigenvalue weighted by molar-refractivity contribution is 7.17. The molecular weight excluding hydrogens is 282 g/mol. The smallest absolute Gasteiger partial charge is 0.148 e. The second kappa shape index (κ2) is 5.67. The van der Waals surface area contributed by atoms with Gasteiger partial charge in [-0.05, 0) is 40.9 Å². The van der Waals surface area contributed by atoms with Crippen LogP contribution in [0.15, 0.2) is 36.0 Å². The van der Waals surface area contributed by atoms with Crippen molar-refractivity contribution in [3.8, 4) is 0 Å². The summed E-state index contributed by atoms with van der Waals surface area (Å²) in [5.41, 5.74) is 4.62. The van der Waals surface area contributed by atoms with Gasteiger partial charge in [-0.25, -0.2) is 15.8 Å². The number of anilines is 3. The van der Waals surface area contributed by atoms with Crippen molar-refractivity contribution >= 4 is 38.7 Å². The Kier molecular flexibility index (Phi) is 3.72. The lowest BCUT2D eigenvalue weighted by Gasteiger charge is -2.16. The van der Waals surface area contributed by atoms with Gasteiger partial charge in [-0.3, -0.25) is 0 Å². The lowest BCUT2D eigenvalue weighted by molar-refractivity contribution is 0.850. The summed E-state index contributed by atoms with van der Waals surface area (Å²) in [5.74, 6) is 7.23. The van der Waals surface area contributed by atoms with E-state index >= 15 is 0 Å². The van der Waals surface area contributed by atoms with Crippen LogP contribution in [0.1, 0.15) is 25.3 Å². The second-order valence-corrected chi connectivity index (χ2v) is 6.03. The van der Waals surface area contributed by atoms with Crippen LogP contribution < -0.4 is 16.6 Å². The Morgan fingerprint density at radius 3 is 2.71 bits per heavy atom. The zero-order valence-corrected chi connectivity index (χ0v) is 12.7. The maximum atomic E-state index is 5.54. The minimum Gasteiger partial charge on any atom is -0.340 e. The van der Waals surface area contributed by atoms with Crippen LogP contribution in [0.3, 0.4) is 0 Å². The van der Waals surface area contributed by atoms with Gasteiger partial charge < -0.3 is 10.7 Å². The molecule has 21 heavy (non-hydrogen) atoms. The summed E-state index contributed by atoms with van der Waals surface area (Å²) in [7, 11) is 0. The molecule has 108 valence electrons. The number of hydrogen-bond donors (Lipinski definition) is 3. The van der Waals surface area contributed by atoms with Crippen molar-refractivity contribution in [3.63, 3.8) is 0 Å². The highest BCUT2D eigenvalue weighted by atomic mass is 32.1. The molecular formula is C15H17N5S. The van der Waals surface area contributed by atoms with Crippen LogP contribution in [-0.4, -0.2) is 9.97 Å². The summed E-state index contributed by atoms with van der Waals surface area (Å²) in [4.78, 5) is 8.53. The van der Waals surface area contributed by atoms with E-state index in [1.54, 1.807) is 11.3 Å². The molecule has 0 saturated heterocycles. The lowest BCUT2D eigenvalue weighted by Crippen LogP contribution is -2.14. The van der Waals surface area contributed by atoms with E-state index in [1.165, 1.54) is 16.4 Å². The first-order valence-electron chi connectivity index (χ1n) is 6.75. The SMILES string of the molecule is CC(C)c1c(NN)ncnc1Nc1ccc2sccc2c1. The van der Waals surface area contributed by atoms with Gasteiger partial charge in [0.05, 0.1) is 0 Å². The molecule has 0 spiro atoms. The van der Waals surface area contributed by atoms with Gasteiger partial charge in [0.2, 0.25) is 0 Å². The molecule has 2 heterocycles. The number of nitrogens with zero attached hydrogens (tertiary/aromatic N) is 2. The Morgan fingerprint density at radius 2 is 1.95 bits per heavy atom. The van der Waals surface area contributed by atoms with Crippen LogP contribution in [0.25, 0.3) is 10.1 Å². The van der Waals surface area contributed by atoms with E-state index in [0.717, 1.165) is 17.1 Å². The number of benzene rings is 1. The Balaban J connectivity index is 2.00. The predicted octanol–water partition coefficient (Wildman–Crippen LogP) is 3.84. The van der Waals surface area contributed by atoms with Gasteiger partial charge in [-0.15, -0.1) is 11.3 Å². The van der Waals surface area contributed by atoms with Crippen LogP contribution >= 0.6 is 11.3 Å². The third-order valence-electron chi connectivity index (χ3n) is 3.31. The van der Waals surface area contributed by atoms with Gasteiger partial charge in [0.1, 0.15) is 18.0 Å². The molecule has 0 unspecified atom stereocenters. The lowest BCUT2D eigenvalue weighted by atomic mass is 10.0. The quantitative estimate of drug-likeness (QED) is 0.504. The molecule has 0 amide bonds. The van der Waals surface area contributed by atoms with Gasteiger partial charge in [0.25, 0.3) is 0 Å². The zero-order valence-electron chi connectivity index (χ0n) is 11.9. The summed E-state index contributed by atoms with van der Waals surface area (Å²) in [5, 5.41) is 6.69. The number of fused-ring (bicyclic) bond motifs is 1. The number of thiophene rings is 1. The van der Waals surface area contributed by atoms with E-state index in [0.29, 0.717) is 5.82 Å². The molecule has 6 heteroatoms. The highest BCUT2D eigenvalue weighted by Crippen LogP contribution is 2.31. The number of nitrogen functional groups attached to an aromatic ring is 1. The van der Waals surface area contributed by atoms with Gasteiger partial charge >= 0.3 is 0 Å². The number of hydrazine groups is 1. The Labute approximate surface area is 127 Å². The standard InChI is InChI=1S/C15H17N5S/c1-9(2)13-14(17-8-18-15(13)20-16)19-11-3-4-12-10(7-11)5-6-21-12/h3-9H,16H2,1-2H3,(H2,17,18,19,20). The minimum absolute atomic E-state index is 0.254. The molecule has 0 atom stereocenters. The normalized spacial score (nSPS) is 11.0. The van der Waals surface area contributed by atoms with Crippen molar-refractivity contribution < 1.29 is 0 Å². The molecule has 2 aromatic heterocycles. The number of rotatable bonds is 4. The summed E-state index contributed by atoms with van der Waals surface area (Å²) in [6.07, 6.45) is 1.51. The second-order valence-electron chi connectivity index (χ2n) is 5.08. The first-order valence-corrected chi connectivity index (χ1v) is 7.63. The number of nitrogens with one attached hydrogen (secondary N) is 2. The fourth-order valence-electron chi connectivity index (χ4n) is 2.34. The van der Waals surface area contributed by atoms with Crippen molar-refractivity contribution in [2.45, 2.75) is 19.8 Å². The first-order chi connectivity index (χ1) is 10.2. The van der Waals surface area contributed by atoms with E-state index in [9.17, 15) is 0 Å². The zero-order chi connectivity index (χ0) is 14.8. The van der Waals surface area contributed by atoms with Gasteiger partial charge in [-0.1, -0.05) is 13.8 Å². The molecule has 0 aliphatic heterocycles. The summed E-state index contributed by atoms with van der Waals surface area (Å²) in [6.45, 7) is 4.18. The average Bonchev–Trinajstić information content (AvgIpc) is 2.94. The monoisotopic (exact) mass is 299 g/mol. The number of aromatic nitrogens is 2. The van der Waals surface area contributed by atoms with E-state index in [2.05, 4.69) is 64.2 Å². The average molecular weight is 299 g/mol. The molecule has 3 rings (SSSR count). The largest absolute Gasteiger partial charge is 0.340 e. The fraction of sp³-hybridized carbons (Fsp3) is 0.200. The molecule has 1 aromatic carbocycles. The van der Waals surface area contributed by atoms with E-state index in [4.69, 9.17) is 5.84 Å². The van der Waals surface area contributed by atoms with Crippen LogP contribution in [-0.2, 0) is 0 Å². The number of nitrogens with two attached hydrogens (primary N) is 1. The van der Waals surface area contributed by atoms with Crippen LogP contribution in [0, 0.1) is 0 Å². The molecule has 0 bridgehead atoms. The number of hydrogen-bond acceptors (Lipinski definition) is 6. The topological polar surface area (TPSA) is 75.9 Å². The first kappa shape index (κ1) is 13.8. The van der Waals surface area contributed by atoms with Gasteiger partial charge in [-0.2, -0.15) is 0 Å². The van der Waals surface area contributed by atoms with Gasteiger partial charge in [0.15, 0.2) is 0 Å². The van der Waals surface area contributed by atoms with E-state index in [1.807, 2.05) is 0 Å². The molecule has 5 nitrogen and oxygen atoms in total. The maximum Gasteiger partial charge on any atom is 0.148 e. The third kappa shape index (κ3) is 2.68. The highest BCUT2D eigenvalue weighted by Gasteiger charge is 2.14. The van der Waals surface area contributed by atoms with Crippen molar-refractivity contribution in [1.82, 2.24) is 9.97 Å². The molecule has 0 saturated carbocycles. The van der Waals surface area contributed by atoms with Crippen LogP contribution in [0.5, 0.6) is 0 Å². The summed E-state index contributed by atoms with van der Waals surface area (Å²) in [6, 6.07) is 8.40. The van der Waals surface area contributed by atoms with Gasteiger partial charge in [0, 0.05) is 16.0 Å². The molecule has 0 aliphatic carbocycles.